The van der Waals surface area contributed by atoms with Crippen LogP contribution in [0.5, 0.6) is 0 Å². The van der Waals surface area contributed by atoms with Gasteiger partial charge in [0.25, 0.3) is 0 Å². The second kappa shape index (κ2) is 9.20. The number of nitrogens with zero attached hydrogens (tertiary/aromatic N) is 1. The van der Waals surface area contributed by atoms with Crippen molar-refractivity contribution >= 4 is 18.3 Å². The molecule has 0 radical (unpaired) electrons. The lowest BCUT2D eigenvalue weighted by Crippen LogP contribution is -2.54. The van der Waals surface area contributed by atoms with Crippen molar-refractivity contribution in [3.63, 3.8) is 0 Å². The van der Waals surface area contributed by atoms with E-state index < -0.39 is 0 Å². The Kier molecular flexibility index (Phi) is 6.79. The first-order valence-corrected chi connectivity index (χ1v) is 12.2. The van der Waals surface area contributed by atoms with Crippen LogP contribution < -0.4 is 5.32 Å². The molecule has 4 aliphatic carbocycles. The lowest BCUT2D eigenvalue weighted by Gasteiger charge is -2.55. The Morgan fingerprint density at radius 1 is 0.967 bits per heavy atom. The summed E-state index contributed by atoms with van der Waals surface area (Å²) in [6.07, 6.45) is 12.9. The minimum Gasteiger partial charge on any atom is -0.354 e. The topological polar surface area (TPSA) is 32.3 Å². The summed E-state index contributed by atoms with van der Waals surface area (Å²) in [6, 6.07) is 9.32. The number of halogens is 1. The highest BCUT2D eigenvalue weighted by Crippen LogP contribution is 2.60. The summed E-state index contributed by atoms with van der Waals surface area (Å²) >= 11 is 0. The Morgan fingerprint density at radius 2 is 1.50 bits per heavy atom. The van der Waals surface area contributed by atoms with Crippen LogP contribution >= 0.6 is 12.4 Å². The second-order valence-corrected chi connectivity index (χ2v) is 10.8. The van der Waals surface area contributed by atoms with Crippen LogP contribution in [0.15, 0.2) is 24.3 Å². The van der Waals surface area contributed by atoms with Crippen LogP contribution in [-0.2, 0) is 4.79 Å². The molecule has 4 heteroatoms. The number of rotatable bonds is 5. The largest absolute Gasteiger partial charge is 0.354 e. The average molecular weight is 431 g/mol. The van der Waals surface area contributed by atoms with E-state index in [1.165, 1.54) is 56.1 Å². The lowest BCUT2D eigenvalue weighted by atomic mass is 9.49. The Morgan fingerprint density at radius 3 is 2.03 bits per heavy atom. The van der Waals surface area contributed by atoms with Crippen LogP contribution in [0.25, 0.3) is 0 Å². The molecule has 0 aromatic heterocycles. The molecule has 1 aromatic rings. The fourth-order valence-electron chi connectivity index (χ4n) is 7.42. The van der Waals surface area contributed by atoms with Gasteiger partial charge in [-0.2, -0.15) is 0 Å². The Balaban J connectivity index is 0.00000218. The molecule has 1 aromatic carbocycles. The van der Waals surface area contributed by atoms with Crippen molar-refractivity contribution in [2.75, 3.05) is 19.6 Å². The van der Waals surface area contributed by atoms with Crippen LogP contribution in [0, 0.1) is 30.1 Å². The van der Waals surface area contributed by atoms with Crippen molar-refractivity contribution in [2.45, 2.75) is 77.2 Å². The summed E-state index contributed by atoms with van der Waals surface area (Å²) in [5, 5.41) is 3.49. The molecule has 30 heavy (non-hydrogen) atoms. The highest BCUT2D eigenvalue weighted by Gasteiger charge is 2.54. The molecule has 4 saturated carbocycles. The molecule has 1 unspecified atom stereocenters. The molecule has 0 spiro atoms. The van der Waals surface area contributed by atoms with E-state index in [0.717, 1.165) is 56.7 Å². The lowest BCUT2D eigenvalue weighted by molar-refractivity contribution is -0.146. The monoisotopic (exact) mass is 430 g/mol. The minimum absolute atomic E-state index is 0. The van der Waals surface area contributed by atoms with Gasteiger partial charge in [-0.15, -0.1) is 12.4 Å². The van der Waals surface area contributed by atoms with Gasteiger partial charge in [-0.1, -0.05) is 42.7 Å². The molecule has 1 amide bonds. The van der Waals surface area contributed by atoms with Crippen molar-refractivity contribution in [3.8, 4) is 0 Å². The fourth-order valence-corrected chi connectivity index (χ4v) is 7.42. The number of hydrogen-bond acceptors (Lipinski definition) is 2. The van der Waals surface area contributed by atoms with Crippen LogP contribution in [-0.4, -0.2) is 30.4 Å². The maximum atomic E-state index is 13.5. The van der Waals surface area contributed by atoms with E-state index in [1.807, 2.05) is 0 Å². The van der Waals surface area contributed by atoms with Gasteiger partial charge in [-0.05, 0) is 94.7 Å². The molecular formula is C26H39ClN2O. The minimum atomic E-state index is -0.0363. The molecule has 1 N–H and O–H groups in total. The number of hydrogen-bond donors (Lipinski definition) is 1. The average Bonchev–Trinajstić information content (AvgIpc) is 2.98. The van der Waals surface area contributed by atoms with Gasteiger partial charge in [-0.25, -0.2) is 0 Å². The quantitative estimate of drug-likeness (QED) is 0.652. The number of carbonyl (C=O) groups excluding carboxylic acids is 1. The zero-order valence-corrected chi connectivity index (χ0v) is 19.4. The van der Waals surface area contributed by atoms with Gasteiger partial charge < -0.3 is 5.32 Å². The number of aryl methyl sites for hydroxylation is 1. The molecule has 1 atom stereocenters. The summed E-state index contributed by atoms with van der Waals surface area (Å²) in [4.78, 5) is 16.1. The highest BCUT2D eigenvalue weighted by atomic mass is 35.5. The first-order chi connectivity index (χ1) is 14.1. The molecule has 1 saturated heterocycles. The number of amides is 1. The molecule has 4 bridgehead atoms. The third-order valence-electron chi connectivity index (χ3n) is 8.52. The van der Waals surface area contributed by atoms with Crippen LogP contribution in [0.3, 0.4) is 0 Å². The van der Waals surface area contributed by atoms with E-state index in [0.29, 0.717) is 11.9 Å². The van der Waals surface area contributed by atoms with E-state index in [1.54, 1.807) is 0 Å². The number of carbonyl (C=O) groups is 1. The Labute approximate surface area is 188 Å². The molecule has 1 heterocycles. The maximum Gasteiger partial charge on any atom is 0.226 e. The van der Waals surface area contributed by atoms with Crippen molar-refractivity contribution in [3.05, 3.63) is 35.4 Å². The fraction of sp³-hybridized carbons (Fsp3) is 0.731. The van der Waals surface area contributed by atoms with Gasteiger partial charge >= 0.3 is 0 Å². The summed E-state index contributed by atoms with van der Waals surface area (Å²) in [5.41, 5.74) is 2.63. The predicted molar refractivity (Wildman–Crippen MR) is 125 cm³/mol. The smallest absolute Gasteiger partial charge is 0.226 e. The van der Waals surface area contributed by atoms with E-state index in [4.69, 9.17) is 0 Å². The molecule has 5 fully saturated rings. The van der Waals surface area contributed by atoms with Crippen molar-refractivity contribution in [1.82, 2.24) is 10.2 Å². The van der Waals surface area contributed by atoms with Gasteiger partial charge in [0.2, 0.25) is 5.91 Å². The number of likely N-dealkylation sites (tertiary alicyclic amines) is 1. The second-order valence-electron chi connectivity index (χ2n) is 10.8. The predicted octanol–water partition coefficient (Wildman–Crippen LogP) is 5.67. The first kappa shape index (κ1) is 22.1. The standard InChI is InChI=1S/C26H38N2O.ClH/c1-19-6-8-23(9-7-19)24(28-10-4-2-3-5-11-28)18-27-25(29)26-15-20-12-21(16-26)14-22(13-20)17-26;/h6-9,20-22,24H,2-5,10-18H2,1H3,(H,27,29);1H. The maximum absolute atomic E-state index is 13.5. The summed E-state index contributed by atoms with van der Waals surface area (Å²) in [6.45, 7) is 5.24. The van der Waals surface area contributed by atoms with Gasteiger partial charge in [0.15, 0.2) is 0 Å². The molecule has 1 aliphatic heterocycles. The normalized spacial score (nSPS) is 34.1. The van der Waals surface area contributed by atoms with E-state index >= 15 is 0 Å². The molecule has 166 valence electrons. The van der Waals surface area contributed by atoms with E-state index in [-0.39, 0.29) is 17.8 Å². The Hall–Kier alpha value is -1.06. The summed E-state index contributed by atoms with van der Waals surface area (Å²) in [5.74, 6) is 2.85. The van der Waals surface area contributed by atoms with Crippen LogP contribution in [0.1, 0.15) is 81.4 Å². The van der Waals surface area contributed by atoms with Gasteiger partial charge in [0, 0.05) is 12.0 Å². The zero-order chi connectivity index (χ0) is 19.8. The molecule has 6 rings (SSSR count). The SMILES string of the molecule is Cc1ccc(C(CNC(=O)C23CC4CC(CC(C4)C2)C3)N2CCCCCC2)cc1.Cl. The number of nitrogens with one attached hydrogen (secondary N) is 1. The first-order valence-electron chi connectivity index (χ1n) is 12.2. The summed E-state index contributed by atoms with van der Waals surface area (Å²) in [7, 11) is 0. The zero-order valence-electron chi connectivity index (χ0n) is 18.6. The van der Waals surface area contributed by atoms with Crippen molar-refractivity contribution < 1.29 is 4.79 Å². The van der Waals surface area contributed by atoms with Crippen molar-refractivity contribution in [1.29, 1.82) is 0 Å². The third-order valence-corrected chi connectivity index (χ3v) is 8.52. The molecular weight excluding hydrogens is 392 g/mol. The van der Waals surface area contributed by atoms with Gasteiger partial charge in [-0.3, -0.25) is 9.69 Å². The molecule has 5 aliphatic rings. The van der Waals surface area contributed by atoms with Gasteiger partial charge in [0.05, 0.1) is 6.04 Å². The highest BCUT2D eigenvalue weighted by molar-refractivity contribution is 5.85. The Bertz CT molecular complexity index is 688. The van der Waals surface area contributed by atoms with Gasteiger partial charge in [0.1, 0.15) is 0 Å². The van der Waals surface area contributed by atoms with E-state index in [2.05, 4.69) is 41.4 Å². The van der Waals surface area contributed by atoms with Crippen LogP contribution in [0.4, 0.5) is 0 Å². The van der Waals surface area contributed by atoms with Crippen LogP contribution in [0.2, 0.25) is 0 Å². The molecule has 3 nitrogen and oxygen atoms in total. The summed E-state index contributed by atoms with van der Waals surface area (Å²) < 4.78 is 0. The number of benzene rings is 1. The van der Waals surface area contributed by atoms with E-state index in [9.17, 15) is 4.79 Å². The third kappa shape index (κ3) is 4.43. The van der Waals surface area contributed by atoms with Crippen molar-refractivity contribution in [2.24, 2.45) is 23.2 Å².